The normalized spacial score (nSPS) is 15.1. The van der Waals surface area contributed by atoms with Crippen LogP contribution in [0.5, 0.6) is 0 Å². The molecule has 1 fully saturated rings. The highest BCUT2D eigenvalue weighted by Gasteiger charge is 2.38. The number of hydrogen-bond donors (Lipinski definition) is 1. The van der Waals surface area contributed by atoms with Crippen LogP contribution in [0.1, 0.15) is 36.2 Å². The van der Waals surface area contributed by atoms with Crippen LogP contribution in [0.25, 0.3) is 0 Å². The lowest BCUT2D eigenvalue weighted by molar-refractivity contribution is -0.159. The summed E-state index contributed by atoms with van der Waals surface area (Å²) in [7, 11) is 0. The van der Waals surface area contributed by atoms with E-state index in [1.807, 2.05) is 0 Å². The standard InChI is InChI=1S/C23H24FN3O4/c1-3-20(21(29)25-19-10-6-17(7-11-19)15(2)28)27-13-12-26(22(30)23(27)31)14-16-4-8-18(24)9-5-16/h4-11,20H,3,12-14H2,1-2H3,(H,25,29)/t20-/m0/s1. The number of rotatable bonds is 7. The molecule has 1 heterocycles. The number of carbonyl (C=O) groups excluding carboxylic acids is 4. The van der Waals surface area contributed by atoms with Crippen molar-refractivity contribution in [2.24, 2.45) is 0 Å². The molecule has 162 valence electrons. The molecule has 0 spiro atoms. The molecular formula is C23H24FN3O4. The number of Topliss-reactive ketones (excluding diaryl/α,β-unsaturated/α-hetero) is 1. The number of carbonyl (C=O) groups is 4. The van der Waals surface area contributed by atoms with E-state index in [-0.39, 0.29) is 31.2 Å². The minimum Gasteiger partial charge on any atom is -0.328 e. The molecule has 8 heteroatoms. The molecule has 2 aromatic carbocycles. The lowest BCUT2D eigenvalue weighted by Gasteiger charge is -2.37. The predicted molar refractivity (Wildman–Crippen MR) is 113 cm³/mol. The molecule has 1 saturated heterocycles. The van der Waals surface area contributed by atoms with E-state index in [9.17, 15) is 23.6 Å². The number of hydrogen-bond acceptors (Lipinski definition) is 4. The van der Waals surface area contributed by atoms with Gasteiger partial charge in [0.2, 0.25) is 5.91 Å². The van der Waals surface area contributed by atoms with Gasteiger partial charge in [-0.2, -0.15) is 0 Å². The zero-order valence-corrected chi connectivity index (χ0v) is 17.4. The first kappa shape index (κ1) is 22.1. The number of nitrogens with one attached hydrogen (secondary N) is 1. The zero-order valence-electron chi connectivity index (χ0n) is 17.4. The van der Waals surface area contributed by atoms with Gasteiger partial charge in [-0.1, -0.05) is 19.1 Å². The van der Waals surface area contributed by atoms with E-state index in [1.54, 1.807) is 43.3 Å². The molecule has 0 radical (unpaired) electrons. The van der Waals surface area contributed by atoms with Crippen LogP contribution in [-0.4, -0.2) is 52.4 Å². The van der Waals surface area contributed by atoms with Gasteiger partial charge in [0.25, 0.3) is 0 Å². The molecule has 0 bridgehead atoms. The maximum absolute atomic E-state index is 13.1. The maximum Gasteiger partial charge on any atom is 0.312 e. The van der Waals surface area contributed by atoms with Crippen molar-refractivity contribution in [3.05, 3.63) is 65.5 Å². The lowest BCUT2D eigenvalue weighted by Crippen LogP contribution is -2.59. The Labute approximate surface area is 179 Å². The van der Waals surface area contributed by atoms with Crippen molar-refractivity contribution in [3.8, 4) is 0 Å². The van der Waals surface area contributed by atoms with Gasteiger partial charge >= 0.3 is 11.8 Å². The molecule has 0 unspecified atom stereocenters. The van der Waals surface area contributed by atoms with Crippen molar-refractivity contribution in [1.82, 2.24) is 9.80 Å². The second-order valence-corrected chi connectivity index (χ2v) is 7.40. The van der Waals surface area contributed by atoms with Crippen molar-refractivity contribution in [2.75, 3.05) is 18.4 Å². The summed E-state index contributed by atoms with van der Waals surface area (Å²) < 4.78 is 13.1. The Kier molecular flexibility index (Phi) is 6.79. The smallest absolute Gasteiger partial charge is 0.312 e. The van der Waals surface area contributed by atoms with Gasteiger partial charge in [0.05, 0.1) is 0 Å². The lowest BCUT2D eigenvalue weighted by atomic mass is 10.1. The molecule has 31 heavy (non-hydrogen) atoms. The Morgan fingerprint density at radius 3 is 2.23 bits per heavy atom. The van der Waals surface area contributed by atoms with Crippen molar-refractivity contribution in [2.45, 2.75) is 32.9 Å². The largest absolute Gasteiger partial charge is 0.328 e. The number of ketones is 1. The van der Waals surface area contributed by atoms with E-state index in [0.717, 1.165) is 5.56 Å². The number of anilines is 1. The number of benzene rings is 2. The van der Waals surface area contributed by atoms with Gasteiger partial charge in [0, 0.05) is 30.9 Å². The van der Waals surface area contributed by atoms with Gasteiger partial charge in [-0.3, -0.25) is 19.2 Å². The molecule has 1 aliphatic heterocycles. The summed E-state index contributed by atoms with van der Waals surface area (Å²) in [6.45, 7) is 3.93. The molecule has 0 saturated carbocycles. The van der Waals surface area contributed by atoms with Crippen molar-refractivity contribution >= 4 is 29.2 Å². The highest BCUT2D eigenvalue weighted by Crippen LogP contribution is 2.17. The first-order valence-electron chi connectivity index (χ1n) is 10.1. The van der Waals surface area contributed by atoms with E-state index in [4.69, 9.17) is 0 Å². The Bertz CT molecular complexity index is 989. The second-order valence-electron chi connectivity index (χ2n) is 7.40. The molecule has 1 atom stereocenters. The van der Waals surface area contributed by atoms with Gasteiger partial charge in [-0.15, -0.1) is 0 Å². The van der Waals surface area contributed by atoms with Crippen molar-refractivity contribution in [1.29, 1.82) is 0 Å². The molecule has 7 nitrogen and oxygen atoms in total. The highest BCUT2D eigenvalue weighted by atomic mass is 19.1. The summed E-state index contributed by atoms with van der Waals surface area (Å²) in [5.74, 6) is -2.27. The topological polar surface area (TPSA) is 86.8 Å². The van der Waals surface area contributed by atoms with Gasteiger partial charge in [0.1, 0.15) is 11.9 Å². The highest BCUT2D eigenvalue weighted by molar-refractivity contribution is 6.35. The molecule has 1 N–H and O–H groups in total. The number of amides is 3. The average Bonchev–Trinajstić information content (AvgIpc) is 2.75. The van der Waals surface area contributed by atoms with Gasteiger partial charge in [-0.25, -0.2) is 4.39 Å². The van der Waals surface area contributed by atoms with Crippen molar-refractivity contribution < 1.29 is 23.6 Å². The monoisotopic (exact) mass is 425 g/mol. The van der Waals surface area contributed by atoms with Crippen LogP contribution in [0.15, 0.2) is 48.5 Å². The minimum absolute atomic E-state index is 0.0769. The van der Waals surface area contributed by atoms with E-state index < -0.39 is 23.8 Å². The van der Waals surface area contributed by atoms with Crippen LogP contribution in [0.4, 0.5) is 10.1 Å². The summed E-state index contributed by atoms with van der Waals surface area (Å²) in [5.41, 5.74) is 1.75. The van der Waals surface area contributed by atoms with E-state index in [2.05, 4.69) is 5.32 Å². The Morgan fingerprint density at radius 1 is 1.00 bits per heavy atom. The predicted octanol–water partition coefficient (Wildman–Crippen LogP) is 2.62. The van der Waals surface area contributed by atoms with Crippen molar-refractivity contribution in [3.63, 3.8) is 0 Å². The molecule has 3 amide bonds. The van der Waals surface area contributed by atoms with E-state index >= 15 is 0 Å². The van der Waals surface area contributed by atoms with Crippen LogP contribution in [0.3, 0.4) is 0 Å². The van der Waals surface area contributed by atoms with Gasteiger partial charge in [0.15, 0.2) is 5.78 Å². The van der Waals surface area contributed by atoms with Crippen LogP contribution < -0.4 is 5.32 Å². The van der Waals surface area contributed by atoms with E-state index in [0.29, 0.717) is 17.7 Å². The summed E-state index contributed by atoms with van der Waals surface area (Å²) in [6.07, 6.45) is 0.342. The van der Waals surface area contributed by atoms with Crippen LogP contribution in [0, 0.1) is 5.82 Å². The zero-order chi connectivity index (χ0) is 22.5. The Balaban J connectivity index is 1.65. The number of halogens is 1. The van der Waals surface area contributed by atoms with Gasteiger partial charge in [-0.05, 0) is 55.3 Å². The second kappa shape index (κ2) is 9.51. The molecule has 0 aliphatic carbocycles. The summed E-state index contributed by atoms with van der Waals surface area (Å²) in [4.78, 5) is 52.2. The molecule has 2 aromatic rings. The summed E-state index contributed by atoms with van der Waals surface area (Å²) in [5, 5.41) is 2.74. The third-order valence-corrected chi connectivity index (χ3v) is 5.25. The Hall–Kier alpha value is -3.55. The van der Waals surface area contributed by atoms with Gasteiger partial charge < -0.3 is 15.1 Å². The fraction of sp³-hybridized carbons (Fsp3) is 0.304. The summed E-state index contributed by atoms with van der Waals surface area (Å²) >= 11 is 0. The molecular weight excluding hydrogens is 401 g/mol. The molecule has 0 aromatic heterocycles. The van der Waals surface area contributed by atoms with E-state index in [1.165, 1.54) is 28.9 Å². The first-order chi connectivity index (χ1) is 14.8. The quantitative estimate of drug-likeness (QED) is 0.546. The Morgan fingerprint density at radius 2 is 1.65 bits per heavy atom. The maximum atomic E-state index is 13.1. The molecule has 3 rings (SSSR count). The van der Waals surface area contributed by atoms with Crippen LogP contribution in [-0.2, 0) is 20.9 Å². The molecule has 1 aliphatic rings. The number of piperazine rings is 1. The van der Waals surface area contributed by atoms with Crippen LogP contribution >= 0.6 is 0 Å². The SMILES string of the molecule is CC[C@@H](C(=O)Nc1ccc(C(C)=O)cc1)N1CCN(Cc2ccc(F)cc2)C(=O)C1=O. The third-order valence-electron chi connectivity index (χ3n) is 5.25. The minimum atomic E-state index is -0.795. The van der Waals surface area contributed by atoms with Crippen LogP contribution in [0.2, 0.25) is 0 Å². The fourth-order valence-electron chi connectivity index (χ4n) is 3.51. The first-order valence-corrected chi connectivity index (χ1v) is 10.1. The third kappa shape index (κ3) is 5.14. The summed E-state index contributed by atoms with van der Waals surface area (Å²) in [6, 6.07) is 11.4. The number of nitrogens with zero attached hydrogens (tertiary/aromatic N) is 2. The fourth-order valence-corrected chi connectivity index (χ4v) is 3.51. The average molecular weight is 425 g/mol.